The molecule has 0 saturated carbocycles. The number of amides is 1. The van der Waals surface area contributed by atoms with Gasteiger partial charge in [0.1, 0.15) is 5.82 Å². The van der Waals surface area contributed by atoms with Gasteiger partial charge in [-0.05, 0) is 41.3 Å². The Bertz CT molecular complexity index is 947. The highest BCUT2D eigenvalue weighted by Crippen LogP contribution is 2.35. The lowest BCUT2D eigenvalue weighted by molar-refractivity contribution is -0.137. The van der Waals surface area contributed by atoms with Gasteiger partial charge in [-0.1, -0.05) is 38.1 Å². The highest BCUT2D eigenvalue weighted by molar-refractivity contribution is 5.78. The van der Waals surface area contributed by atoms with Gasteiger partial charge in [0.25, 0.3) is 0 Å². The highest BCUT2D eigenvalue weighted by Gasteiger charge is 2.36. The molecule has 186 valence electrons. The Hall–Kier alpha value is -2.45. The minimum absolute atomic E-state index is 0.00449. The lowest BCUT2D eigenvalue weighted by atomic mass is 9.88. The summed E-state index contributed by atoms with van der Waals surface area (Å²) in [6.07, 6.45) is -4.37. The standard InChI is InChI=1S/C26H32F4N2O2/c1-18(2)25(33)32(11-12-34-3)16-21-15-31(17-24(21)20-5-4-6-23(27)13-20)14-19-7-9-22(10-8-19)26(28,29)30/h4-10,13,18,21,24H,11-12,14-17H2,1-3H3/t21-,24+/m0/s1. The normalized spacial score (nSPS) is 19.1. The third kappa shape index (κ3) is 6.79. The van der Waals surface area contributed by atoms with Crippen LogP contribution in [-0.2, 0) is 22.3 Å². The summed E-state index contributed by atoms with van der Waals surface area (Å²) in [5, 5.41) is 0. The molecule has 1 heterocycles. The fourth-order valence-electron chi connectivity index (χ4n) is 4.59. The molecule has 1 fully saturated rings. The van der Waals surface area contributed by atoms with Crippen molar-refractivity contribution < 1.29 is 27.1 Å². The van der Waals surface area contributed by atoms with Crippen LogP contribution in [0.3, 0.4) is 0 Å². The van der Waals surface area contributed by atoms with E-state index in [-0.39, 0.29) is 29.5 Å². The van der Waals surface area contributed by atoms with E-state index < -0.39 is 11.7 Å². The molecule has 8 heteroatoms. The molecule has 2 aromatic rings. The average Bonchev–Trinajstić information content (AvgIpc) is 3.18. The molecule has 34 heavy (non-hydrogen) atoms. The van der Waals surface area contributed by atoms with Crippen molar-refractivity contribution in [3.63, 3.8) is 0 Å². The van der Waals surface area contributed by atoms with Gasteiger partial charge in [0.2, 0.25) is 5.91 Å². The number of benzene rings is 2. The average molecular weight is 481 g/mol. The van der Waals surface area contributed by atoms with Crippen LogP contribution in [0, 0.1) is 17.7 Å². The molecule has 1 aliphatic heterocycles. The van der Waals surface area contributed by atoms with Crippen LogP contribution in [-0.4, -0.2) is 55.6 Å². The number of hydrogen-bond acceptors (Lipinski definition) is 3. The number of hydrogen-bond donors (Lipinski definition) is 0. The Morgan fingerprint density at radius 2 is 1.85 bits per heavy atom. The van der Waals surface area contributed by atoms with E-state index >= 15 is 0 Å². The van der Waals surface area contributed by atoms with E-state index in [2.05, 4.69) is 4.90 Å². The predicted octanol–water partition coefficient (Wildman–Crippen LogP) is 5.19. The van der Waals surface area contributed by atoms with Crippen LogP contribution >= 0.6 is 0 Å². The molecule has 3 rings (SSSR count). The monoisotopic (exact) mass is 480 g/mol. The minimum Gasteiger partial charge on any atom is -0.383 e. The van der Waals surface area contributed by atoms with E-state index in [1.54, 1.807) is 13.2 Å². The maximum Gasteiger partial charge on any atom is 0.416 e. The molecular weight excluding hydrogens is 448 g/mol. The number of carbonyl (C=O) groups is 1. The van der Waals surface area contributed by atoms with Crippen LogP contribution in [0.2, 0.25) is 0 Å². The minimum atomic E-state index is -4.37. The quantitative estimate of drug-likeness (QED) is 0.463. The van der Waals surface area contributed by atoms with E-state index in [0.29, 0.717) is 39.3 Å². The maximum atomic E-state index is 14.0. The molecule has 1 amide bonds. The molecule has 0 N–H and O–H groups in total. The van der Waals surface area contributed by atoms with Crippen molar-refractivity contribution in [2.45, 2.75) is 32.5 Å². The fourth-order valence-corrected chi connectivity index (χ4v) is 4.59. The van der Waals surface area contributed by atoms with Gasteiger partial charge >= 0.3 is 6.18 Å². The van der Waals surface area contributed by atoms with Gasteiger partial charge in [-0.2, -0.15) is 13.2 Å². The van der Waals surface area contributed by atoms with Crippen LogP contribution < -0.4 is 0 Å². The first-order valence-corrected chi connectivity index (χ1v) is 11.5. The second-order valence-corrected chi connectivity index (χ2v) is 9.24. The molecule has 2 aromatic carbocycles. The van der Waals surface area contributed by atoms with Crippen molar-refractivity contribution >= 4 is 5.91 Å². The van der Waals surface area contributed by atoms with Crippen molar-refractivity contribution in [2.75, 3.05) is 39.9 Å². The Morgan fingerprint density at radius 3 is 2.44 bits per heavy atom. The Labute approximate surface area is 198 Å². The summed E-state index contributed by atoms with van der Waals surface area (Å²) < 4.78 is 57.9. The summed E-state index contributed by atoms with van der Waals surface area (Å²) in [5.41, 5.74) is 0.971. The smallest absolute Gasteiger partial charge is 0.383 e. The molecule has 4 nitrogen and oxygen atoms in total. The fraction of sp³-hybridized carbons (Fsp3) is 0.500. The van der Waals surface area contributed by atoms with Crippen molar-refractivity contribution in [2.24, 2.45) is 11.8 Å². The number of carbonyl (C=O) groups excluding carboxylic acids is 1. The largest absolute Gasteiger partial charge is 0.416 e. The van der Waals surface area contributed by atoms with E-state index in [1.807, 2.05) is 24.8 Å². The van der Waals surface area contributed by atoms with Crippen LogP contribution in [0.15, 0.2) is 48.5 Å². The van der Waals surface area contributed by atoms with Crippen molar-refractivity contribution in [1.29, 1.82) is 0 Å². The summed E-state index contributed by atoms with van der Waals surface area (Å²) >= 11 is 0. The summed E-state index contributed by atoms with van der Waals surface area (Å²) in [7, 11) is 1.59. The van der Waals surface area contributed by atoms with E-state index in [4.69, 9.17) is 4.74 Å². The first-order valence-electron chi connectivity index (χ1n) is 11.5. The Balaban J connectivity index is 1.80. The van der Waals surface area contributed by atoms with Crippen molar-refractivity contribution in [3.8, 4) is 0 Å². The third-order valence-electron chi connectivity index (χ3n) is 6.31. The molecule has 0 aliphatic carbocycles. The van der Waals surface area contributed by atoms with Crippen LogP contribution in [0.4, 0.5) is 17.6 Å². The number of rotatable bonds is 9. The Morgan fingerprint density at radius 1 is 1.15 bits per heavy atom. The van der Waals surface area contributed by atoms with Gasteiger partial charge < -0.3 is 9.64 Å². The lowest BCUT2D eigenvalue weighted by Crippen LogP contribution is -2.41. The number of methoxy groups -OCH3 is 1. The van der Waals surface area contributed by atoms with E-state index in [9.17, 15) is 22.4 Å². The molecule has 1 saturated heterocycles. The molecular formula is C26H32F4N2O2. The third-order valence-corrected chi connectivity index (χ3v) is 6.31. The van der Waals surface area contributed by atoms with Crippen molar-refractivity contribution in [3.05, 3.63) is 71.0 Å². The molecule has 2 atom stereocenters. The molecule has 0 spiro atoms. The molecule has 0 aromatic heterocycles. The number of ether oxygens (including phenoxy) is 1. The molecule has 0 bridgehead atoms. The predicted molar refractivity (Wildman–Crippen MR) is 123 cm³/mol. The summed E-state index contributed by atoms with van der Waals surface area (Å²) in [6, 6.07) is 11.7. The van der Waals surface area contributed by atoms with Gasteiger partial charge in [-0.3, -0.25) is 9.69 Å². The summed E-state index contributed by atoms with van der Waals surface area (Å²) in [6.45, 7) is 6.88. The first kappa shape index (κ1) is 26.2. The Kier molecular flexibility index (Phi) is 8.71. The van der Waals surface area contributed by atoms with Crippen molar-refractivity contribution in [1.82, 2.24) is 9.80 Å². The number of alkyl halides is 3. The number of nitrogens with zero attached hydrogens (tertiary/aromatic N) is 2. The molecule has 0 radical (unpaired) electrons. The summed E-state index contributed by atoms with van der Waals surface area (Å²) in [5.74, 6) is -0.386. The zero-order chi connectivity index (χ0) is 24.9. The van der Waals surface area contributed by atoms with Gasteiger partial charge in [0.05, 0.1) is 12.2 Å². The van der Waals surface area contributed by atoms with Crippen LogP contribution in [0.1, 0.15) is 36.5 Å². The molecule has 1 aliphatic rings. The SMILES string of the molecule is COCCN(C[C@@H]1CN(Cc2ccc(C(F)(F)F)cc2)C[C@@H]1c1cccc(F)c1)C(=O)C(C)C. The zero-order valence-corrected chi connectivity index (χ0v) is 19.8. The second kappa shape index (κ2) is 11.3. The van der Waals surface area contributed by atoms with Gasteiger partial charge in [0, 0.05) is 51.7 Å². The van der Waals surface area contributed by atoms with E-state index in [1.165, 1.54) is 24.3 Å². The van der Waals surface area contributed by atoms with Crippen LogP contribution in [0.25, 0.3) is 0 Å². The topological polar surface area (TPSA) is 32.8 Å². The molecule has 0 unspecified atom stereocenters. The highest BCUT2D eigenvalue weighted by atomic mass is 19.4. The van der Waals surface area contributed by atoms with Gasteiger partial charge in [-0.25, -0.2) is 4.39 Å². The number of halogens is 4. The summed E-state index contributed by atoms with van der Waals surface area (Å²) in [4.78, 5) is 16.8. The second-order valence-electron chi connectivity index (χ2n) is 9.24. The van der Waals surface area contributed by atoms with Gasteiger partial charge in [0.15, 0.2) is 0 Å². The van der Waals surface area contributed by atoms with Gasteiger partial charge in [-0.15, -0.1) is 0 Å². The first-order chi connectivity index (χ1) is 16.1. The van der Waals surface area contributed by atoms with E-state index in [0.717, 1.165) is 23.3 Å². The zero-order valence-electron chi connectivity index (χ0n) is 19.8. The maximum absolute atomic E-state index is 14.0. The number of likely N-dealkylation sites (tertiary alicyclic amines) is 1. The van der Waals surface area contributed by atoms with Crippen LogP contribution in [0.5, 0.6) is 0 Å². The lowest BCUT2D eigenvalue weighted by Gasteiger charge is -2.29.